The number of carbonyl (C=O) groups is 2. The number of benzene rings is 1. The Bertz CT molecular complexity index is 552. The molecule has 154 valence electrons. The number of morpholine rings is 1. The van der Waals surface area contributed by atoms with Gasteiger partial charge in [-0.25, -0.2) is 0 Å². The molecule has 3 N–H and O–H groups in total. The minimum absolute atomic E-state index is 0. The van der Waals surface area contributed by atoms with Crippen LogP contribution in [0.25, 0.3) is 0 Å². The van der Waals surface area contributed by atoms with Crippen molar-refractivity contribution in [1.29, 1.82) is 0 Å². The smallest absolute Gasteiger partial charge is 0.251 e. The largest absolute Gasteiger partial charge is 0.379 e. The zero-order valence-electron chi connectivity index (χ0n) is 15.7. The number of halogens is 2. The molecular formula is C18H30Cl2N4O3. The molecule has 0 aliphatic carbocycles. The Labute approximate surface area is 173 Å². The summed E-state index contributed by atoms with van der Waals surface area (Å²) in [5, 5.41) is 8.77. The molecule has 0 saturated carbocycles. The highest BCUT2D eigenvalue weighted by molar-refractivity contribution is 5.95. The molecule has 0 aromatic heterocycles. The van der Waals surface area contributed by atoms with Crippen LogP contribution in [0.3, 0.4) is 0 Å². The molecule has 7 nitrogen and oxygen atoms in total. The van der Waals surface area contributed by atoms with E-state index in [0.29, 0.717) is 24.2 Å². The Balaban J connectivity index is 0.00000338. The van der Waals surface area contributed by atoms with Crippen LogP contribution in [0.1, 0.15) is 23.2 Å². The lowest BCUT2D eigenvalue weighted by atomic mass is 10.2. The SMILES string of the molecule is CNCCCC(=O)Nc1ccc(C(=O)NCCN2CCOCC2)cc1.Cl.Cl. The van der Waals surface area contributed by atoms with Crippen LogP contribution in [0.15, 0.2) is 24.3 Å². The van der Waals surface area contributed by atoms with Gasteiger partial charge in [0.15, 0.2) is 0 Å². The number of amides is 2. The van der Waals surface area contributed by atoms with E-state index in [2.05, 4.69) is 20.9 Å². The third kappa shape index (κ3) is 9.93. The maximum absolute atomic E-state index is 12.1. The third-order valence-electron chi connectivity index (χ3n) is 4.08. The normalized spacial score (nSPS) is 13.8. The van der Waals surface area contributed by atoms with Crippen molar-refractivity contribution in [1.82, 2.24) is 15.5 Å². The van der Waals surface area contributed by atoms with Crippen molar-refractivity contribution >= 4 is 42.3 Å². The van der Waals surface area contributed by atoms with E-state index in [9.17, 15) is 9.59 Å². The van der Waals surface area contributed by atoms with E-state index in [1.54, 1.807) is 24.3 Å². The maximum atomic E-state index is 12.1. The van der Waals surface area contributed by atoms with Crippen molar-refractivity contribution in [2.24, 2.45) is 0 Å². The fourth-order valence-corrected chi connectivity index (χ4v) is 2.61. The monoisotopic (exact) mass is 420 g/mol. The highest BCUT2D eigenvalue weighted by Crippen LogP contribution is 2.10. The molecule has 9 heteroatoms. The summed E-state index contributed by atoms with van der Waals surface area (Å²) in [6, 6.07) is 6.97. The summed E-state index contributed by atoms with van der Waals surface area (Å²) >= 11 is 0. The number of carbonyl (C=O) groups excluding carboxylic acids is 2. The average molecular weight is 421 g/mol. The van der Waals surface area contributed by atoms with Gasteiger partial charge in [-0.1, -0.05) is 0 Å². The number of hydrogen-bond donors (Lipinski definition) is 3. The van der Waals surface area contributed by atoms with Gasteiger partial charge in [0, 0.05) is 43.9 Å². The molecule has 0 radical (unpaired) electrons. The van der Waals surface area contributed by atoms with Crippen molar-refractivity contribution in [2.75, 3.05) is 58.3 Å². The van der Waals surface area contributed by atoms with Gasteiger partial charge < -0.3 is 20.7 Å². The number of nitrogens with one attached hydrogen (secondary N) is 3. The second-order valence-electron chi connectivity index (χ2n) is 6.04. The summed E-state index contributed by atoms with van der Waals surface area (Å²) in [7, 11) is 1.86. The van der Waals surface area contributed by atoms with E-state index in [-0.39, 0.29) is 36.6 Å². The Morgan fingerprint density at radius 3 is 2.37 bits per heavy atom. The molecule has 1 heterocycles. The molecule has 2 amide bonds. The first-order valence-corrected chi connectivity index (χ1v) is 8.82. The van der Waals surface area contributed by atoms with E-state index >= 15 is 0 Å². The van der Waals surface area contributed by atoms with Crippen LogP contribution in [-0.4, -0.2) is 69.7 Å². The number of nitrogens with zero attached hydrogens (tertiary/aromatic N) is 1. The van der Waals surface area contributed by atoms with Crippen molar-refractivity contribution < 1.29 is 14.3 Å². The first-order valence-electron chi connectivity index (χ1n) is 8.82. The second-order valence-corrected chi connectivity index (χ2v) is 6.04. The van der Waals surface area contributed by atoms with E-state index in [0.717, 1.165) is 45.8 Å². The molecule has 0 atom stereocenters. The quantitative estimate of drug-likeness (QED) is 0.527. The van der Waals surface area contributed by atoms with Crippen LogP contribution >= 0.6 is 24.8 Å². The highest BCUT2D eigenvalue weighted by atomic mass is 35.5. The Kier molecular flexibility index (Phi) is 13.9. The van der Waals surface area contributed by atoms with Crippen LogP contribution in [0.2, 0.25) is 0 Å². The van der Waals surface area contributed by atoms with E-state index in [1.807, 2.05) is 7.05 Å². The lowest BCUT2D eigenvalue weighted by Gasteiger charge is -2.26. The minimum Gasteiger partial charge on any atom is -0.379 e. The molecule has 1 aromatic rings. The molecule has 1 saturated heterocycles. The average Bonchev–Trinajstić information content (AvgIpc) is 2.63. The zero-order chi connectivity index (χ0) is 17.9. The number of ether oxygens (including phenoxy) is 1. The van der Waals surface area contributed by atoms with Gasteiger partial charge in [-0.15, -0.1) is 24.8 Å². The lowest BCUT2D eigenvalue weighted by Crippen LogP contribution is -2.41. The van der Waals surface area contributed by atoms with Gasteiger partial charge in [0.25, 0.3) is 5.91 Å². The van der Waals surface area contributed by atoms with Crippen LogP contribution in [-0.2, 0) is 9.53 Å². The van der Waals surface area contributed by atoms with Gasteiger partial charge in [0.05, 0.1) is 13.2 Å². The molecule has 1 aromatic carbocycles. The van der Waals surface area contributed by atoms with Crippen LogP contribution in [0, 0.1) is 0 Å². The second kappa shape index (κ2) is 14.6. The maximum Gasteiger partial charge on any atom is 0.251 e. The topological polar surface area (TPSA) is 82.7 Å². The summed E-state index contributed by atoms with van der Waals surface area (Å²) in [5.74, 6) is -0.113. The molecular weight excluding hydrogens is 391 g/mol. The Hall–Kier alpha value is -1.38. The summed E-state index contributed by atoms with van der Waals surface area (Å²) in [4.78, 5) is 26.2. The van der Waals surface area contributed by atoms with E-state index in [1.165, 1.54) is 0 Å². The predicted octanol–water partition coefficient (Wildman–Crippen LogP) is 1.53. The van der Waals surface area contributed by atoms with Gasteiger partial charge in [-0.05, 0) is 44.3 Å². The van der Waals surface area contributed by atoms with Crippen molar-refractivity contribution in [2.45, 2.75) is 12.8 Å². The molecule has 0 spiro atoms. The molecule has 1 fully saturated rings. The van der Waals surface area contributed by atoms with Crippen LogP contribution in [0.5, 0.6) is 0 Å². The third-order valence-corrected chi connectivity index (χ3v) is 4.08. The molecule has 0 bridgehead atoms. The molecule has 1 aliphatic rings. The first kappa shape index (κ1) is 25.6. The van der Waals surface area contributed by atoms with Crippen LogP contribution in [0.4, 0.5) is 5.69 Å². The fraction of sp³-hybridized carbons (Fsp3) is 0.556. The van der Waals surface area contributed by atoms with Crippen molar-refractivity contribution in [3.05, 3.63) is 29.8 Å². The molecule has 27 heavy (non-hydrogen) atoms. The lowest BCUT2D eigenvalue weighted by molar-refractivity contribution is -0.116. The highest BCUT2D eigenvalue weighted by Gasteiger charge is 2.11. The van der Waals surface area contributed by atoms with Gasteiger partial charge >= 0.3 is 0 Å². The van der Waals surface area contributed by atoms with E-state index in [4.69, 9.17) is 4.74 Å². The van der Waals surface area contributed by atoms with Gasteiger partial charge in [0.1, 0.15) is 0 Å². The van der Waals surface area contributed by atoms with Crippen molar-refractivity contribution in [3.63, 3.8) is 0 Å². The predicted molar refractivity (Wildman–Crippen MR) is 112 cm³/mol. The summed E-state index contributed by atoms with van der Waals surface area (Å²) < 4.78 is 5.30. The fourth-order valence-electron chi connectivity index (χ4n) is 2.61. The standard InChI is InChI=1S/C18H28N4O3.2ClH/c1-19-8-2-3-17(23)21-16-6-4-15(5-7-16)18(24)20-9-10-22-11-13-25-14-12-22;;/h4-7,19H,2-3,8-14H2,1H3,(H,20,24)(H,21,23);2*1H. The van der Waals surface area contributed by atoms with E-state index < -0.39 is 0 Å². The summed E-state index contributed by atoms with van der Waals surface area (Å²) in [6.07, 6.45) is 1.27. The van der Waals surface area contributed by atoms with Gasteiger partial charge in [-0.2, -0.15) is 0 Å². The Morgan fingerprint density at radius 2 is 1.74 bits per heavy atom. The van der Waals surface area contributed by atoms with Gasteiger partial charge in [-0.3, -0.25) is 14.5 Å². The number of anilines is 1. The summed E-state index contributed by atoms with van der Waals surface area (Å²) in [6.45, 7) is 5.61. The number of hydrogen-bond acceptors (Lipinski definition) is 5. The summed E-state index contributed by atoms with van der Waals surface area (Å²) in [5.41, 5.74) is 1.30. The molecule has 1 aliphatic heterocycles. The molecule has 2 rings (SSSR count). The van der Waals surface area contributed by atoms with Crippen LogP contribution < -0.4 is 16.0 Å². The minimum atomic E-state index is -0.0971. The van der Waals surface area contributed by atoms with Crippen molar-refractivity contribution in [3.8, 4) is 0 Å². The zero-order valence-corrected chi connectivity index (χ0v) is 17.3. The first-order chi connectivity index (χ1) is 12.2. The number of rotatable bonds is 9. The Morgan fingerprint density at radius 1 is 1.07 bits per heavy atom. The van der Waals surface area contributed by atoms with Gasteiger partial charge in [0.2, 0.25) is 5.91 Å². The molecule has 0 unspecified atom stereocenters.